The van der Waals surface area contributed by atoms with E-state index in [1.54, 1.807) is 6.07 Å². The summed E-state index contributed by atoms with van der Waals surface area (Å²) in [6, 6.07) is 14.4. The Hall–Kier alpha value is -3.40. The predicted octanol–water partition coefficient (Wildman–Crippen LogP) is 5.50. The topological polar surface area (TPSA) is 61.8 Å². The maximum Gasteiger partial charge on any atom is 0.128 e. The summed E-state index contributed by atoms with van der Waals surface area (Å²) in [6.07, 6.45) is 12.2. The molecule has 0 spiro atoms. The number of nitrogens with zero attached hydrogens (tertiary/aromatic N) is 2. The Kier molecular flexibility index (Phi) is 5.29. The third-order valence-electron chi connectivity index (χ3n) is 6.07. The number of aromatic hydroxyl groups is 1. The first-order valence-corrected chi connectivity index (χ1v) is 11.0. The molecule has 0 radical (unpaired) electrons. The molecule has 0 amide bonds. The maximum absolute atomic E-state index is 9.78. The van der Waals surface area contributed by atoms with Gasteiger partial charge in [0.05, 0.1) is 0 Å². The summed E-state index contributed by atoms with van der Waals surface area (Å²) in [5.74, 6) is 1.23. The first kappa shape index (κ1) is 19.6. The van der Waals surface area contributed by atoms with E-state index in [0.29, 0.717) is 5.75 Å². The van der Waals surface area contributed by atoms with Crippen LogP contribution in [0.3, 0.4) is 0 Å². The number of hydrogen-bond donors (Lipinski definition) is 2. The standard InChI is InChI=1S/C27H27N3O/c1-18-14-23(11-9-19-8-10-20-4-2-5-21(20)15-19)30-27(29-18)7-3-6-22-17-28-26-13-12-24(31)16-25(22)26/h2,5,8,10,12-17,28,31H,3-4,6-7,9,11H2,1H3. The Morgan fingerprint density at radius 2 is 1.90 bits per heavy atom. The summed E-state index contributed by atoms with van der Waals surface area (Å²) in [4.78, 5) is 12.8. The molecule has 0 bridgehead atoms. The number of rotatable bonds is 7. The van der Waals surface area contributed by atoms with E-state index in [-0.39, 0.29) is 0 Å². The number of phenols is 1. The summed E-state index contributed by atoms with van der Waals surface area (Å²) in [7, 11) is 0. The van der Waals surface area contributed by atoms with Gasteiger partial charge in [-0.3, -0.25) is 0 Å². The lowest BCUT2D eigenvalue weighted by molar-refractivity contribution is 0.476. The van der Waals surface area contributed by atoms with Crippen LogP contribution in [0.4, 0.5) is 0 Å². The van der Waals surface area contributed by atoms with Gasteiger partial charge in [0.2, 0.25) is 0 Å². The van der Waals surface area contributed by atoms with Crippen molar-refractivity contribution < 1.29 is 5.11 Å². The van der Waals surface area contributed by atoms with E-state index in [1.807, 2.05) is 18.3 Å². The second kappa shape index (κ2) is 8.38. The van der Waals surface area contributed by atoms with Crippen LogP contribution in [0, 0.1) is 6.92 Å². The van der Waals surface area contributed by atoms with E-state index in [1.165, 1.54) is 22.3 Å². The Bertz CT molecular complexity index is 1270. The van der Waals surface area contributed by atoms with Crippen molar-refractivity contribution in [3.05, 3.63) is 94.2 Å². The third-order valence-corrected chi connectivity index (χ3v) is 6.07. The van der Waals surface area contributed by atoms with Gasteiger partial charge in [0.15, 0.2) is 0 Å². The first-order valence-electron chi connectivity index (χ1n) is 11.0. The van der Waals surface area contributed by atoms with Crippen LogP contribution in [-0.2, 0) is 32.1 Å². The van der Waals surface area contributed by atoms with Crippen molar-refractivity contribution in [2.45, 2.75) is 45.4 Å². The number of fused-ring (bicyclic) bond motifs is 2. The van der Waals surface area contributed by atoms with Crippen LogP contribution < -0.4 is 0 Å². The number of hydrogen-bond acceptors (Lipinski definition) is 3. The Morgan fingerprint density at radius 3 is 2.84 bits per heavy atom. The molecule has 156 valence electrons. The number of H-pyrrole nitrogens is 1. The van der Waals surface area contributed by atoms with Crippen molar-refractivity contribution in [2.24, 2.45) is 0 Å². The number of aryl methyl sites for hydroxylation is 5. The van der Waals surface area contributed by atoms with Gasteiger partial charge in [-0.05, 0) is 85.5 Å². The zero-order chi connectivity index (χ0) is 21.2. The molecular formula is C27H27N3O. The fourth-order valence-electron chi connectivity index (χ4n) is 4.48. The SMILES string of the molecule is Cc1cc(CCc2ccc3c(c2)C=CC3)nc(CCCc2c[nH]c3ccc(O)cc23)n1. The van der Waals surface area contributed by atoms with Crippen molar-refractivity contribution in [1.29, 1.82) is 0 Å². The number of phenolic OH excluding ortho intramolecular Hbond substituents is 1. The molecule has 1 aliphatic rings. The molecule has 0 atom stereocenters. The highest BCUT2D eigenvalue weighted by Crippen LogP contribution is 2.24. The summed E-state index contributed by atoms with van der Waals surface area (Å²) in [5, 5.41) is 10.9. The second-order valence-electron chi connectivity index (χ2n) is 8.45. The van der Waals surface area contributed by atoms with E-state index in [4.69, 9.17) is 4.98 Å². The highest BCUT2D eigenvalue weighted by atomic mass is 16.3. The highest BCUT2D eigenvalue weighted by molar-refractivity contribution is 5.84. The largest absolute Gasteiger partial charge is 0.508 e. The van der Waals surface area contributed by atoms with E-state index >= 15 is 0 Å². The number of allylic oxidation sites excluding steroid dienone is 1. The van der Waals surface area contributed by atoms with E-state index in [2.05, 4.69) is 53.3 Å². The van der Waals surface area contributed by atoms with Crippen molar-refractivity contribution in [1.82, 2.24) is 15.0 Å². The van der Waals surface area contributed by atoms with Crippen molar-refractivity contribution in [3.8, 4) is 5.75 Å². The van der Waals surface area contributed by atoms with Crippen LogP contribution in [0.1, 0.15) is 45.9 Å². The van der Waals surface area contributed by atoms with Gasteiger partial charge < -0.3 is 10.1 Å². The van der Waals surface area contributed by atoms with Gasteiger partial charge in [0, 0.05) is 34.9 Å². The highest BCUT2D eigenvalue weighted by Gasteiger charge is 2.09. The molecule has 0 unspecified atom stereocenters. The minimum atomic E-state index is 0.305. The normalized spacial score (nSPS) is 12.5. The van der Waals surface area contributed by atoms with Gasteiger partial charge in [0.1, 0.15) is 11.6 Å². The molecule has 2 heterocycles. The first-order chi connectivity index (χ1) is 15.1. The van der Waals surface area contributed by atoms with Crippen LogP contribution in [0.2, 0.25) is 0 Å². The summed E-state index contributed by atoms with van der Waals surface area (Å²) >= 11 is 0. The Labute approximate surface area is 182 Å². The van der Waals surface area contributed by atoms with Gasteiger partial charge in [-0.2, -0.15) is 0 Å². The zero-order valence-corrected chi connectivity index (χ0v) is 17.9. The smallest absolute Gasteiger partial charge is 0.128 e. The van der Waals surface area contributed by atoms with Gasteiger partial charge >= 0.3 is 0 Å². The Morgan fingerprint density at radius 1 is 0.968 bits per heavy atom. The van der Waals surface area contributed by atoms with Crippen molar-refractivity contribution in [2.75, 3.05) is 0 Å². The van der Waals surface area contributed by atoms with Gasteiger partial charge in [-0.25, -0.2) is 9.97 Å². The number of nitrogens with one attached hydrogen (secondary N) is 1. The average Bonchev–Trinajstić information content (AvgIpc) is 3.38. The third kappa shape index (κ3) is 4.38. The fourth-order valence-corrected chi connectivity index (χ4v) is 4.48. The molecule has 2 aromatic heterocycles. The van der Waals surface area contributed by atoms with Gasteiger partial charge in [0.25, 0.3) is 0 Å². The summed E-state index contributed by atoms with van der Waals surface area (Å²) in [5.41, 5.74) is 8.60. The molecule has 2 N–H and O–H groups in total. The molecule has 0 fully saturated rings. The molecule has 5 rings (SSSR count). The van der Waals surface area contributed by atoms with Crippen LogP contribution in [0.15, 0.2) is 54.7 Å². The monoisotopic (exact) mass is 409 g/mol. The van der Waals surface area contributed by atoms with E-state index in [0.717, 1.165) is 66.6 Å². The molecule has 4 nitrogen and oxygen atoms in total. The predicted molar refractivity (Wildman–Crippen MR) is 125 cm³/mol. The lowest BCUT2D eigenvalue weighted by atomic mass is 10.0. The lowest BCUT2D eigenvalue weighted by Crippen LogP contribution is -2.04. The summed E-state index contributed by atoms with van der Waals surface area (Å²) in [6.45, 7) is 2.05. The van der Waals surface area contributed by atoms with E-state index in [9.17, 15) is 5.11 Å². The molecule has 0 aliphatic heterocycles. The van der Waals surface area contributed by atoms with E-state index < -0.39 is 0 Å². The zero-order valence-electron chi connectivity index (χ0n) is 17.9. The molecule has 4 heteroatoms. The minimum absolute atomic E-state index is 0.305. The molecule has 0 saturated heterocycles. The van der Waals surface area contributed by atoms with Crippen molar-refractivity contribution >= 4 is 17.0 Å². The maximum atomic E-state index is 9.78. The molecule has 0 saturated carbocycles. The molecule has 4 aromatic rings. The van der Waals surface area contributed by atoms with Gasteiger partial charge in [-0.1, -0.05) is 30.4 Å². The van der Waals surface area contributed by atoms with Crippen molar-refractivity contribution in [3.63, 3.8) is 0 Å². The average molecular weight is 410 g/mol. The van der Waals surface area contributed by atoms with Gasteiger partial charge in [-0.15, -0.1) is 0 Å². The molecule has 31 heavy (non-hydrogen) atoms. The molecular weight excluding hydrogens is 382 g/mol. The lowest BCUT2D eigenvalue weighted by Gasteiger charge is -2.08. The minimum Gasteiger partial charge on any atom is -0.508 e. The fraction of sp³-hybridized carbons (Fsp3) is 0.259. The number of aromatic amines is 1. The molecule has 2 aromatic carbocycles. The second-order valence-corrected chi connectivity index (χ2v) is 8.45. The van der Waals surface area contributed by atoms with Crippen LogP contribution in [0.25, 0.3) is 17.0 Å². The summed E-state index contributed by atoms with van der Waals surface area (Å²) < 4.78 is 0. The Balaban J connectivity index is 1.22. The van der Waals surface area contributed by atoms with Crippen LogP contribution in [0.5, 0.6) is 5.75 Å². The quantitative estimate of drug-likeness (QED) is 0.424. The number of aromatic nitrogens is 3. The van der Waals surface area contributed by atoms with Crippen LogP contribution in [-0.4, -0.2) is 20.1 Å². The molecule has 1 aliphatic carbocycles. The number of benzene rings is 2. The van der Waals surface area contributed by atoms with Crippen LogP contribution >= 0.6 is 0 Å².